The molecule has 0 aromatic carbocycles. The molecule has 0 aliphatic rings. The summed E-state index contributed by atoms with van der Waals surface area (Å²) in [5.41, 5.74) is 0.577. The molecule has 6 nitrogen and oxygen atoms in total. The quantitative estimate of drug-likeness (QED) is 0.739. The van der Waals surface area contributed by atoms with E-state index in [4.69, 9.17) is 5.11 Å². The summed E-state index contributed by atoms with van der Waals surface area (Å²) in [6.07, 6.45) is 5.92. The fourth-order valence-corrected chi connectivity index (χ4v) is 1.71. The van der Waals surface area contributed by atoms with E-state index in [0.717, 1.165) is 6.20 Å². The van der Waals surface area contributed by atoms with Crippen LogP contribution in [0.25, 0.3) is 5.69 Å². The van der Waals surface area contributed by atoms with Crippen molar-refractivity contribution in [1.29, 1.82) is 0 Å². The second-order valence-electron chi connectivity index (χ2n) is 4.06. The second-order valence-corrected chi connectivity index (χ2v) is 4.06. The van der Waals surface area contributed by atoms with Gasteiger partial charge in [-0.1, -0.05) is 0 Å². The first kappa shape index (κ1) is 12.1. The number of pyridine rings is 2. The van der Waals surface area contributed by atoms with Gasteiger partial charge in [-0.15, -0.1) is 4.98 Å². The molecule has 3 aromatic heterocycles. The van der Waals surface area contributed by atoms with Gasteiger partial charge in [-0.25, -0.2) is 9.37 Å². The van der Waals surface area contributed by atoms with Crippen LogP contribution in [0, 0.1) is 5.82 Å². The van der Waals surface area contributed by atoms with Crippen molar-refractivity contribution in [1.82, 2.24) is 19.5 Å². The topological polar surface area (TPSA) is 78.5 Å². The third kappa shape index (κ3) is 2.56. The Bertz CT molecular complexity index is 743. The van der Waals surface area contributed by atoms with E-state index < -0.39 is 5.82 Å². The molecule has 0 bridgehead atoms. The normalized spacial score (nSPS) is 10.4. The van der Waals surface area contributed by atoms with Gasteiger partial charge in [0, 0.05) is 6.07 Å². The summed E-state index contributed by atoms with van der Waals surface area (Å²) in [6.45, 7) is 0. The Balaban J connectivity index is 1.84. The molecule has 3 heterocycles. The maximum Gasteiger partial charge on any atom is 0.358 e. The number of halogens is 1. The minimum Gasteiger partial charge on any atom is -0.579 e. The van der Waals surface area contributed by atoms with Crippen LogP contribution in [0.5, 0.6) is 5.88 Å². The molecule has 0 aliphatic carbocycles. The number of rotatable bonds is 3. The smallest absolute Gasteiger partial charge is 0.358 e. The van der Waals surface area contributed by atoms with Crippen LogP contribution in [0.2, 0.25) is 0 Å². The summed E-state index contributed by atoms with van der Waals surface area (Å²) in [7, 11) is 0. The molecule has 0 radical (unpaired) electrons. The summed E-state index contributed by atoms with van der Waals surface area (Å²) >= 11 is 0. The predicted molar refractivity (Wildman–Crippen MR) is 71.9 cm³/mol. The number of nitrogens with one attached hydrogen (secondary N) is 1. The van der Waals surface area contributed by atoms with Crippen molar-refractivity contribution in [3.05, 3.63) is 55.0 Å². The highest BCUT2D eigenvalue weighted by Gasteiger charge is 2.04. The third-order valence-corrected chi connectivity index (χ3v) is 2.58. The molecule has 0 saturated heterocycles. The van der Waals surface area contributed by atoms with Gasteiger partial charge in [0.2, 0.25) is 0 Å². The van der Waals surface area contributed by atoms with Crippen LogP contribution >= 0.6 is 0 Å². The third-order valence-electron chi connectivity index (χ3n) is 2.58. The number of hydrogen-bond acceptors (Lipinski definition) is 4. The van der Waals surface area contributed by atoms with Crippen molar-refractivity contribution < 1.29 is 9.50 Å². The van der Waals surface area contributed by atoms with E-state index >= 15 is 0 Å². The molecule has 100 valence electrons. The highest BCUT2D eigenvalue weighted by Crippen LogP contribution is 2.16. The van der Waals surface area contributed by atoms with Crippen molar-refractivity contribution >= 4 is 11.6 Å². The summed E-state index contributed by atoms with van der Waals surface area (Å²) in [5, 5.41) is 10.4. The zero-order valence-corrected chi connectivity index (χ0v) is 10.3. The van der Waals surface area contributed by atoms with E-state index in [0.29, 0.717) is 17.3 Å². The predicted octanol–water partition coefficient (Wildman–Crippen LogP) is 1.98. The Morgan fingerprint density at radius 3 is 2.90 bits per heavy atom. The van der Waals surface area contributed by atoms with Crippen LogP contribution in [-0.2, 0) is 0 Å². The monoisotopic (exact) mass is 272 g/mol. The fourth-order valence-electron chi connectivity index (χ4n) is 1.71. The maximum absolute atomic E-state index is 13.1. The van der Waals surface area contributed by atoms with Crippen LogP contribution in [-0.4, -0.2) is 24.6 Å². The molecule has 3 aromatic rings. The van der Waals surface area contributed by atoms with E-state index in [1.807, 2.05) is 0 Å². The van der Waals surface area contributed by atoms with E-state index in [9.17, 15) is 4.39 Å². The summed E-state index contributed by atoms with van der Waals surface area (Å²) in [4.78, 5) is 11.9. The van der Waals surface area contributed by atoms with Crippen molar-refractivity contribution in [2.75, 3.05) is 5.32 Å². The van der Waals surface area contributed by atoms with E-state index in [1.165, 1.54) is 12.3 Å². The molecular formula is C13H11FN5O+. The van der Waals surface area contributed by atoms with Gasteiger partial charge in [-0.3, -0.25) is 4.98 Å². The molecule has 0 saturated carbocycles. The van der Waals surface area contributed by atoms with E-state index in [-0.39, 0.29) is 5.88 Å². The lowest BCUT2D eigenvalue weighted by Gasteiger charge is -2.01. The van der Waals surface area contributed by atoms with Crippen LogP contribution < -0.4 is 5.32 Å². The van der Waals surface area contributed by atoms with Crippen LogP contribution in [0.1, 0.15) is 0 Å². The molecule has 0 aliphatic heterocycles. The largest absolute Gasteiger partial charge is 0.579 e. The first-order valence-corrected chi connectivity index (χ1v) is 5.81. The zero-order chi connectivity index (χ0) is 13.9. The van der Waals surface area contributed by atoms with Crippen LogP contribution in [0.15, 0.2) is 49.2 Å². The number of hydrogen-bond donors (Lipinski definition) is 1. The minimum absolute atomic E-state index is 0.170. The number of anilines is 2. The second kappa shape index (κ2) is 4.96. The first-order valence-electron chi connectivity index (χ1n) is 5.81. The average Bonchev–Trinajstić information content (AvgIpc) is 2.87. The maximum atomic E-state index is 13.1. The lowest BCUT2D eigenvalue weighted by atomic mass is 10.4. The number of imidazole rings is 1. The number of aromatic nitrogens is 4. The molecule has 3 N–H and O–H groups in total. The van der Waals surface area contributed by atoms with Crippen LogP contribution in [0.3, 0.4) is 0 Å². The van der Waals surface area contributed by atoms with Crippen molar-refractivity contribution in [2.45, 2.75) is 0 Å². The van der Waals surface area contributed by atoms with Gasteiger partial charge in [0.15, 0.2) is 0 Å². The van der Waals surface area contributed by atoms with E-state index in [1.54, 1.807) is 35.3 Å². The average molecular weight is 272 g/mol. The Labute approximate surface area is 113 Å². The molecule has 0 atom stereocenters. The molecule has 7 heteroatoms. The van der Waals surface area contributed by atoms with Gasteiger partial charge < -0.3 is 15.0 Å². The van der Waals surface area contributed by atoms with Gasteiger partial charge >= 0.3 is 5.88 Å². The van der Waals surface area contributed by atoms with E-state index in [2.05, 4.69) is 20.3 Å². The Hall–Kier alpha value is -2.96. The molecular weight excluding hydrogens is 261 g/mol. The van der Waals surface area contributed by atoms with Gasteiger partial charge in [-0.2, -0.15) is 0 Å². The summed E-state index contributed by atoms with van der Waals surface area (Å²) < 4.78 is 14.8. The zero-order valence-electron chi connectivity index (χ0n) is 10.3. The first-order chi connectivity index (χ1) is 9.70. The van der Waals surface area contributed by atoms with Crippen molar-refractivity contribution in [2.24, 2.45) is 0 Å². The molecule has 3 rings (SSSR count). The van der Waals surface area contributed by atoms with Crippen LogP contribution in [0.4, 0.5) is 16.0 Å². The molecule has 0 unspecified atom stereocenters. The Morgan fingerprint density at radius 1 is 1.20 bits per heavy atom. The molecule has 20 heavy (non-hydrogen) atoms. The van der Waals surface area contributed by atoms with Gasteiger partial charge in [0.05, 0.1) is 30.3 Å². The van der Waals surface area contributed by atoms with Gasteiger partial charge in [0.1, 0.15) is 23.8 Å². The molecule has 0 fully saturated rings. The molecule has 0 amide bonds. The minimum atomic E-state index is -0.408. The molecule has 0 spiro atoms. The highest BCUT2D eigenvalue weighted by atomic mass is 19.1. The lowest BCUT2D eigenvalue weighted by molar-refractivity contribution is 0.454. The fraction of sp³-hybridized carbons (Fsp3) is 0. The highest BCUT2D eigenvalue weighted by molar-refractivity contribution is 5.52. The van der Waals surface area contributed by atoms with Gasteiger partial charge in [-0.05, 0) is 12.1 Å². The Kier molecular flexibility index (Phi) is 3.00. The van der Waals surface area contributed by atoms with Gasteiger partial charge in [0.25, 0.3) is 0 Å². The lowest BCUT2D eigenvalue weighted by Crippen LogP contribution is -1.94. The summed E-state index contributed by atoms with van der Waals surface area (Å²) in [6, 6.07) is 6.41. The summed E-state index contributed by atoms with van der Waals surface area (Å²) in [5.74, 6) is 0.838. The standard InChI is InChI=1S/C13H10FN5O/c14-9-4-10(6-15-5-9)19-7-12(16-8-19)17-11-2-1-3-13(20)18-11/h1-8H,(H2,17,18,20)/p+1. The Morgan fingerprint density at radius 2 is 2.10 bits per heavy atom. The number of nitrogens with zero attached hydrogens (tertiary/aromatic N) is 4. The SMILES string of the molecule is [OH2+]c1cccc(Nc2cn(-c3cncc(F)c3)cn2)n1. The van der Waals surface area contributed by atoms with Crippen molar-refractivity contribution in [3.8, 4) is 11.6 Å². The van der Waals surface area contributed by atoms with Crippen molar-refractivity contribution in [3.63, 3.8) is 0 Å².